The molecule has 0 unspecified atom stereocenters. The topological polar surface area (TPSA) is 67.5 Å². The molecule has 122 valence electrons. The lowest BCUT2D eigenvalue weighted by atomic mass is 10.2. The Morgan fingerprint density at radius 3 is 2.75 bits per heavy atom. The van der Waals surface area contributed by atoms with E-state index in [1.807, 2.05) is 47.0 Å². The molecule has 5 nitrogen and oxygen atoms in total. The zero-order valence-corrected chi connectivity index (χ0v) is 14.2. The van der Waals surface area contributed by atoms with Gasteiger partial charge in [0, 0.05) is 28.0 Å². The van der Waals surface area contributed by atoms with Crippen LogP contribution in [0.4, 0.5) is 0 Å². The lowest BCUT2D eigenvalue weighted by Gasteiger charge is -2.08. The third-order valence-corrected chi connectivity index (χ3v) is 4.54. The Balaban J connectivity index is 1.95. The number of aliphatic carboxylic acids is 1. The molecule has 0 saturated carbocycles. The highest BCUT2D eigenvalue weighted by molar-refractivity contribution is 7.99. The first kappa shape index (κ1) is 16.3. The van der Waals surface area contributed by atoms with Gasteiger partial charge in [0.25, 0.3) is 0 Å². The largest absolute Gasteiger partial charge is 0.478 e. The zero-order valence-electron chi connectivity index (χ0n) is 13.4. The fraction of sp³-hybridized carbons (Fsp3) is 0.167. The summed E-state index contributed by atoms with van der Waals surface area (Å²) < 4.78 is 2.00. The number of benzene rings is 1. The molecule has 24 heavy (non-hydrogen) atoms. The van der Waals surface area contributed by atoms with Crippen molar-refractivity contribution in [3.8, 4) is 0 Å². The number of hydrogen-bond acceptors (Lipinski definition) is 4. The first-order valence-electron chi connectivity index (χ1n) is 7.57. The minimum absolute atomic E-state index is 0.283. The van der Waals surface area contributed by atoms with Crippen LogP contribution in [-0.2, 0) is 4.79 Å². The van der Waals surface area contributed by atoms with Crippen LogP contribution in [0.2, 0.25) is 0 Å². The molecule has 0 saturated heterocycles. The Kier molecular flexibility index (Phi) is 4.66. The van der Waals surface area contributed by atoms with E-state index in [0.717, 1.165) is 32.9 Å². The number of carboxylic acids is 1. The van der Waals surface area contributed by atoms with Crippen molar-refractivity contribution in [2.75, 3.05) is 0 Å². The van der Waals surface area contributed by atoms with Gasteiger partial charge in [-0.3, -0.25) is 4.40 Å². The van der Waals surface area contributed by atoms with Crippen molar-refractivity contribution in [2.45, 2.75) is 29.6 Å². The molecule has 3 rings (SSSR count). The SMILES string of the molecule is CC(C)c1nnc2ccc(Sc3ccccc3/C=C/C(=O)O)cn12. The predicted molar refractivity (Wildman–Crippen MR) is 94.3 cm³/mol. The lowest BCUT2D eigenvalue weighted by Crippen LogP contribution is -1.96. The van der Waals surface area contributed by atoms with Crippen LogP contribution in [0.25, 0.3) is 11.7 Å². The molecule has 0 fully saturated rings. The molecular weight excluding hydrogens is 322 g/mol. The van der Waals surface area contributed by atoms with E-state index in [9.17, 15) is 4.79 Å². The monoisotopic (exact) mass is 339 g/mol. The van der Waals surface area contributed by atoms with E-state index < -0.39 is 5.97 Å². The average Bonchev–Trinajstić information content (AvgIpc) is 2.97. The number of pyridine rings is 1. The van der Waals surface area contributed by atoms with Crippen molar-refractivity contribution in [1.82, 2.24) is 14.6 Å². The van der Waals surface area contributed by atoms with E-state index in [1.165, 1.54) is 0 Å². The lowest BCUT2D eigenvalue weighted by molar-refractivity contribution is -0.131. The van der Waals surface area contributed by atoms with E-state index in [4.69, 9.17) is 5.11 Å². The number of carboxylic acid groups (broad SMARTS) is 1. The van der Waals surface area contributed by atoms with E-state index >= 15 is 0 Å². The molecule has 0 aliphatic heterocycles. The summed E-state index contributed by atoms with van der Waals surface area (Å²) in [4.78, 5) is 12.8. The molecule has 6 heteroatoms. The van der Waals surface area contributed by atoms with Crippen molar-refractivity contribution in [1.29, 1.82) is 0 Å². The molecule has 0 atom stereocenters. The van der Waals surface area contributed by atoms with Crippen LogP contribution < -0.4 is 0 Å². The molecule has 3 aromatic rings. The minimum Gasteiger partial charge on any atom is -0.478 e. The van der Waals surface area contributed by atoms with Crippen LogP contribution in [0, 0.1) is 0 Å². The summed E-state index contributed by atoms with van der Waals surface area (Å²) in [7, 11) is 0. The summed E-state index contributed by atoms with van der Waals surface area (Å²) in [5, 5.41) is 17.2. The highest BCUT2D eigenvalue weighted by atomic mass is 32.2. The summed E-state index contributed by atoms with van der Waals surface area (Å²) in [5.74, 6) is 0.250. The predicted octanol–water partition coefficient (Wildman–Crippen LogP) is 4.10. The number of nitrogens with zero attached hydrogens (tertiary/aromatic N) is 3. The Labute approximate surface area is 144 Å². The molecule has 0 radical (unpaired) electrons. The molecule has 2 heterocycles. The second kappa shape index (κ2) is 6.88. The van der Waals surface area contributed by atoms with Gasteiger partial charge in [0.15, 0.2) is 5.65 Å². The second-order valence-electron chi connectivity index (χ2n) is 5.62. The third-order valence-electron chi connectivity index (χ3n) is 3.47. The summed E-state index contributed by atoms with van der Waals surface area (Å²) in [6.45, 7) is 4.17. The van der Waals surface area contributed by atoms with Crippen LogP contribution in [0.15, 0.2) is 58.5 Å². The molecule has 2 aromatic heterocycles. The first-order valence-corrected chi connectivity index (χ1v) is 8.39. The molecule has 0 aliphatic rings. The zero-order chi connectivity index (χ0) is 17.1. The van der Waals surface area contributed by atoms with Crippen molar-refractivity contribution in [3.63, 3.8) is 0 Å². The Bertz CT molecular complexity index is 916. The molecule has 0 bridgehead atoms. The highest BCUT2D eigenvalue weighted by Crippen LogP contribution is 2.31. The normalized spacial score (nSPS) is 11.6. The number of hydrogen-bond donors (Lipinski definition) is 1. The number of aromatic nitrogens is 3. The third kappa shape index (κ3) is 3.49. The molecule has 0 amide bonds. The maximum Gasteiger partial charge on any atom is 0.328 e. The maximum absolute atomic E-state index is 10.7. The number of rotatable bonds is 5. The van der Waals surface area contributed by atoms with Gasteiger partial charge in [-0.05, 0) is 29.8 Å². The van der Waals surface area contributed by atoms with Gasteiger partial charge in [0.1, 0.15) is 5.82 Å². The number of fused-ring (bicyclic) bond motifs is 1. The Hall–Kier alpha value is -2.60. The maximum atomic E-state index is 10.7. The minimum atomic E-state index is -0.956. The first-order chi connectivity index (χ1) is 11.5. The van der Waals surface area contributed by atoms with Gasteiger partial charge in [-0.1, -0.05) is 43.8 Å². The smallest absolute Gasteiger partial charge is 0.328 e. The molecular formula is C18H17N3O2S. The van der Waals surface area contributed by atoms with Crippen LogP contribution in [0.3, 0.4) is 0 Å². The summed E-state index contributed by atoms with van der Waals surface area (Å²) in [6.07, 6.45) is 4.79. The summed E-state index contributed by atoms with van der Waals surface area (Å²) in [6, 6.07) is 11.7. The van der Waals surface area contributed by atoms with Crippen LogP contribution in [0.1, 0.15) is 31.2 Å². The molecule has 0 aliphatic carbocycles. The van der Waals surface area contributed by atoms with E-state index in [0.29, 0.717) is 0 Å². The van der Waals surface area contributed by atoms with Gasteiger partial charge >= 0.3 is 5.97 Å². The fourth-order valence-electron chi connectivity index (χ4n) is 2.34. The number of carbonyl (C=O) groups is 1. The van der Waals surface area contributed by atoms with Crippen LogP contribution in [-0.4, -0.2) is 25.7 Å². The second-order valence-corrected chi connectivity index (χ2v) is 6.73. The quantitative estimate of drug-likeness (QED) is 0.709. The molecule has 0 spiro atoms. The van der Waals surface area contributed by atoms with Gasteiger partial charge in [-0.15, -0.1) is 10.2 Å². The summed E-state index contributed by atoms with van der Waals surface area (Å²) in [5.41, 5.74) is 1.69. The van der Waals surface area contributed by atoms with Gasteiger partial charge in [0.05, 0.1) is 0 Å². The van der Waals surface area contributed by atoms with Gasteiger partial charge in [0.2, 0.25) is 0 Å². The van der Waals surface area contributed by atoms with Crippen molar-refractivity contribution < 1.29 is 9.90 Å². The van der Waals surface area contributed by atoms with E-state index in [-0.39, 0.29) is 5.92 Å². The molecule has 1 aromatic carbocycles. The Morgan fingerprint density at radius 2 is 2.00 bits per heavy atom. The van der Waals surface area contributed by atoms with Crippen molar-refractivity contribution >= 4 is 29.5 Å². The highest BCUT2D eigenvalue weighted by Gasteiger charge is 2.10. The standard InChI is InChI=1S/C18H17N3O2S/c1-12(2)18-20-19-16-9-8-14(11-21(16)18)24-15-6-4-3-5-13(15)7-10-17(22)23/h3-12H,1-2H3,(H,22,23)/b10-7+. The van der Waals surface area contributed by atoms with Gasteiger partial charge in [-0.2, -0.15) is 0 Å². The molecule has 1 N–H and O–H groups in total. The Morgan fingerprint density at radius 1 is 1.21 bits per heavy atom. The summed E-state index contributed by atoms with van der Waals surface area (Å²) >= 11 is 1.58. The van der Waals surface area contributed by atoms with Gasteiger partial charge < -0.3 is 5.11 Å². The average molecular weight is 339 g/mol. The van der Waals surface area contributed by atoms with Crippen molar-refractivity contribution in [2.24, 2.45) is 0 Å². The van der Waals surface area contributed by atoms with Gasteiger partial charge in [-0.25, -0.2) is 4.79 Å². The van der Waals surface area contributed by atoms with Crippen LogP contribution >= 0.6 is 11.8 Å². The van der Waals surface area contributed by atoms with Crippen molar-refractivity contribution in [3.05, 3.63) is 60.1 Å². The van der Waals surface area contributed by atoms with E-state index in [1.54, 1.807) is 17.8 Å². The fourth-order valence-corrected chi connectivity index (χ4v) is 3.29. The van der Waals surface area contributed by atoms with E-state index in [2.05, 4.69) is 24.0 Å². The van der Waals surface area contributed by atoms with Crippen LogP contribution in [0.5, 0.6) is 0 Å².